The molecule has 0 heterocycles. The maximum Gasteiger partial charge on any atom is 0.216 e. The minimum absolute atomic E-state index is 0.0392. The lowest BCUT2D eigenvalue weighted by atomic mass is 9.84. The summed E-state index contributed by atoms with van der Waals surface area (Å²) in [4.78, 5) is 10.9. The summed E-state index contributed by atoms with van der Waals surface area (Å²) < 4.78 is 5.11. The van der Waals surface area contributed by atoms with Crippen LogP contribution < -0.4 is 10.1 Å². The van der Waals surface area contributed by atoms with E-state index in [1.54, 1.807) is 13.2 Å². The molecule has 3 nitrogen and oxygen atoms in total. The third-order valence-electron chi connectivity index (χ3n) is 2.68. The van der Waals surface area contributed by atoms with Gasteiger partial charge in [-0.2, -0.15) is 0 Å². The maximum atomic E-state index is 10.9. The Morgan fingerprint density at radius 3 is 2.59 bits per heavy atom. The van der Waals surface area contributed by atoms with E-state index in [-0.39, 0.29) is 11.3 Å². The number of methoxy groups -OCH3 is 1. The van der Waals surface area contributed by atoms with Crippen molar-refractivity contribution in [2.24, 2.45) is 0 Å². The molecule has 0 saturated carbocycles. The van der Waals surface area contributed by atoms with Gasteiger partial charge < -0.3 is 10.1 Å². The number of amides is 1. The van der Waals surface area contributed by atoms with Crippen LogP contribution in [0, 0.1) is 0 Å². The van der Waals surface area contributed by atoms with Gasteiger partial charge in [0.05, 0.1) is 7.11 Å². The number of carbonyl (C=O) groups is 1. The fourth-order valence-corrected chi connectivity index (χ4v) is 2.04. The molecule has 1 aromatic carbocycles. The van der Waals surface area contributed by atoms with Crippen LogP contribution in [0.15, 0.2) is 18.2 Å². The van der Waals surface area contributed by atoms with Crippen LogP contribution in [0.4, 0.5) is 0 Å². The van der Waals surface area contributed by atoms with Gasteiger partial charge in [0.1, 0.15) is 5.75 Å². The van der Waals surface area contributed by atoms with Gasteiger partial charge >= 0.3 is 0 Å². The highest BCUT2D eigenvalue weighted by atomic mass is 35.5. The summed E-state index contributed by atoms with van der Waals surface area (Å²) in [5.41, 5.74) is 0.781. The van der Waals surface area contributed by atoms with E-state index >= 15 is 0 Å². The Bertz CT molecular complexity index is 416. The molecule has 0 aliphatic rings. The third-order valence-corrected chi connectivity index (χ3v) is 3.00. The molecular formula is C13H18ClNO2. The lowest BCUT2D eigenvalue weighted by molar-refractivity contribution is -0.119. The minimum atomic E-state index is -0.213. The first-order valence-corrected chi connectivity index (χ1v) is 5.83. The molecule has 0 saturated heterocycles. The fraction of sp³-hybridized carbons (Fsp3) is 0.462. The number of nitrogens with one attached hydrogen (secondary N) is 1. The Balaban J connectivity index is 2.94. The van der Waals surface area contributed by atoms with E-state index in [0.717, 1.165) is 11.3 Å². The van der Waals surface area contributed by atoms with Crippen LogP contribution in [0.25, 0.3) is 0 Å². The normalized spacial score (nSPS) is 11.1. The van der Waals surface area contributed by atoms with Crippen molar-refractivity contribution in [2.75, 3.05) is 13.7 Å². The standard InChI is InChI=1S/C13H18ClNO2/c1-9(16)15-8-13(2,3)11-6-5-10(17-4)7-12(11)14/h5-7H,8H2,1-4H3,(H,15,16). The average Bonchev–Trinajstić information content (AvgIpc) is 2.26. The van der Waals surface area contributed by atoms with Crippen molar-refractivity contribution in [3.63, 3.8) is 0 Å². The topological polar surface area (TPSA) is 38.3 Å². The zero-order valence-corrected chi connectivity index (χ0v) is 11.4. The number of carbonyl (C=O) groups excluding carboxylic acids is 1. The summed E-state index contributed by atoms with van der Waals surface area (Å²) >= 11 is 6.22. The molecule has 0 bridgehead atoms. The van der Waals surface area contributed by atoms with E-state index in [0.29, 0.717) is 11.6 Å². The summed E-state index contributed by atoms with van der Waals surface area (Å²) in [7, 11) is 1.60. The van der Waals surface area contributed by atoms with Gasteiger partial charge in [-0.1, -0.05) is 31.5 Å². The molecule has 1 rings (SSSR count). The second-order valence-electron chi connectivity index (χ2n) is 4.64. The SMILES string of the molecule is COc1ccc(C(C)(C)CNC(C)=O)c(Cl)c1. The first-order chi connectivity index (χ1) is 7.86. The van der Waals surface area contributed by atoms with Gasteiger partial charge in [0.15, 0.2) is 0 Å². The van der Waals surface area contributed by atoms with Crippen molar-refractivity contribution < 1.29 is 9.53 Å². The molecule has 0 aliphatic carbocycles. The number of halogens is 1. The van der Waals surface area contributed by atoms with Crippen LogP contribution in [-0.4, -0.2) is 19.6 Å². The van der Waals surface area contributed by atoms with E-state index in [1.807, 2.05) is 26.0 Å². The zero-order chi connectivity index (χ0) is 13.1. The minimum Gasteiger partial charge on any atom is -0.497 e. The number of hydrogen-bond acceptors (Lipinski definition) is 2. The highest BCUT2D eigenvalue weighted by Crippen LogP contribution is 2.32. The van der Waals surface area contributed by atoms with Gasteiger partial charge in [0.2, 0.25) is 5.91 Å². The van der Waals surface area contributed by atoms with Gasteiger partial charge in [0.25, 0.3) is 0 Å². The van der Waals surface area contributed by atoms with E-state index in [2.05, 4.69) is 5.32 Å². The lowest BCUT2D eigenvalue weighted by Crippen LogP contribution is -2.35. The number of benzene rings is 1. The van der Waals surface area contributed by atoms with Crippen molar-refractivity contribution in [3.8, 4) is 5.75 Å². The Morgan fingerprint density at radius 2 is 2.12 bits per heavy atom. The Kier molecular flexibility index (Phi) is 4.40. The summed E-state index contributed by atoms with van der Waals surface area (Å²) in [6.07, 6.45) is 0. The highest BCUT2D eigenvalue weighted by Gasteiger charge is 2.23. The smallest absolute Gasteiger partial charge is 0.216 e. The average molecular weight is 256 g/mol. The maximum absolute atomic E-state index is 10.9. The van der Waals surface area contributed by atoms with Gasteiger partial charge in [-0.15, -0.1) is 0 Å². The highest BCUT2D eigenvalue weighted by molar-refractivity contribution is 6.31. The molecule has 0 spiro atoms. The largest absolute Gasteiger partial charge is 0.497 e. The van der Waals surface area contributed by atoms with Crippen LogP contribution in [0.3, 0.4) is 0 Å². The quantitative estimate of drug-likeness (QED) is 0.899. The molecule has 1 aromatic rings. The predicted octanol–water partition coefficient (Wildman–Crippen LogP) is 2.76. The monoisotopic (exact) mass is 255 g/mol. The first kappa shape index (κ1) is 13.8. The summed E-state index contributed by atoms with van der Waals surface area (Å²) in [5, 5.41) is 3.46. The molecule has 94 valence electrons. The van der Waals surface area contributed by atoms with Crippen LogP contribution in [0.5, 0.6) is 5.75 Å². The van der Waals surface area contributed by atoms with Crippen molar-refractivity contribution >= 4 is 17.5 Å². The summed E-state index contributed by atoms with van der Waals surface area (Å²) in [6.45, 7) is 6.13. The van der Waals surface area contributed by atoms with Crippen molar-refractivity contribution in [2.45, 2.75) is 26.2 Å². The first-order valence-electron chi connectivity index (χ1n) is 5.45. The molecule has 0 radical (unpaired) electrons. The molecule has 0 unspecified atom stereocenters. The molecule has 0 aliphatic heterocycles. The van der Waals surface area contributed by atoms with Crippen LogP contribution in [-0.2, 0) is 10.2 Å². The molecule has 0 atom stereocenters. The van der Waals surface area contributed by atoms with E-state index in [4.69, 9.17) is 16.3 Å². The molecule has 1 amide bonds. The predicted molar refractivity (Wildman–Crippen MR) is 69.7 cm³/mol. The van der Waals surface area contributed by atoms with Gasteiger partial charge in [-0.3, -0.25) is 4.79 Å². The van der Waals surface area contributed by atoms with Crippen LogP contribution in [0.1, 0.15) is 26.3 Å². The summed E-state index contributed by atoms with van der Waals surface area (Å²) in [6, 6.07) is 5.59. The Morgan fingerprint density at radius 1 is 1.47 bits per heavy atom. The number of ether oxygens (including phenoxy) is 1. The second-order valence-corrected chi connectivity index (χ2v) is 5.05. The van der Waals surface area contributed by atoms with E-state index < -0.39 is 0 Å². The summed E-state index contributed by atoms with van der Waals surface area (Å²) in [5.74, 6) is 0.691. The van der Waals surface area contributed by atoms with Crippen LogP contribution in [0.2, 0.25) is 5.02 Å². The molecule has 1 N–H and O–H groups in total. The van der Waals surface area contributed by atoms with E-state index in [1.165, 1.54) is 6.92 Å². The number of rotatable bonds is 4. The lowest BCUT2D eigenvalue weighted by Gasteiger charge is -2.26. The van der Waals surface area contributed by atoms with Crippen molar-refractivity contribution in [1.82, 2.24) is 5.32 Å². The molecule has 0 fully saturated rings. The Labute approximate surface area is 107 Å². The molecule has 0 aromatic heterocycles. The van der Waals surface area contributed by atoms with Crippen molar-refractivity contribution in [1.29, 1.82) is 0 Å². The molecule has 17 heavy (non-hydrogen) atoms. The zero-order valence-electron chi connectivity index (χ0n) is 10.6. The van der Waals surface area contributed by atoms with E-state index in [9.17, 15) is 4.79 Å². The molecule has 4 heteroatoms. The second kappa shape index (κ2) is 5.41. The van der Waals surface area contributed by atoms with Gasteiger partial charge in [-0.25, -0.2) is 0 Å². The number of hydrogen-bond donors (Lipinski definition) is 1. The third kappa shape index (κ3) is 3.63. The fourth-order valence-electron chi connectivity index (χ4n) is 1.61. The van der Waals surface area contributed by atoms with Crippen LogP contribution >= 0.6 is 11.6 Å². The van der Waals surface area contributed by atoms with Crippen molar-refractivity contribution in [3.05, 3.63) is 28.8 Å². The van der Waals surface area contributed by atoms with Gasteiger partial charge in [-0.05, 0) is 17.7 Å². The Hall–Kier alpha value is -1.22. The molecular weight excluding hydrogens is 238 g/mol. The van der Waals surface area contributed by atoms with Gasteiger partial charge in [0, 0.05) is 23.9 Å².